The second-order valence-electron chi connectivity index (χ2n) is 6.64. The van der Waals surface area contributed by atoms with Crippen molar-refractivity contribution in [1.82, 2.24) is 15.1 Å². The zero-order valence-corrected chi connectivity index (χ0v) is 14.5. The number of aliphatic hydroxyl groups is 1. The summed E-state index contributed by atoms with van der Waals surface area (Å²) in [5, 5.41) is 12.6. The first-order valence-electron chi connectivity index (χ1n) is 8.38. The predicted molar refractivity (Wildman–Crippen MR) is 92.3 cm³/mol. The molecule has 1 heterocycles. The first-order valence-corrected chi connectivity index (χ1v) is 8.38. The number of carbonyl (C=O) groups excluding carboxylic acids is 1. The van der Waals surface area contributed by atoms with Gasteiger partial charge in [0.1, 0.15) is 6.04 Å². The number of likely N-dealkylation sites (tertiary alicyclic amines) is 1. The maximum absolute atomic E-state index is 12.6. The van der Waals surface area contributed by atoms with Crippen LogP contribution in [0.1, 0.15) is 30.0 Å². The van der Waals surface area contributed by atoms with E-state index in [1.165, 1.54) is 0 Å². The van der Waals surface area contributed by atoms with Crippen LogP contribution in [-0.4, -0.2) is 67.2 Å². The van der Waals surface area contributed by atoms with Gasteiger partial charge in [0.2, 0.25) is 5.91 Å². The second kappa shape index (κ2) is 8.43. The zero-order valence-electron chi connectivity index (χ0n) is 14.5. The molecule has 1 atom stereocenters. The highest BCUT2D eigenvalue weighted by atomic mass is 16.3. The van der Waals surface area contributed by atoms with Crippen LogP contribution in [0.2, 0.25) is 0 Å². The Morgan fingerprint density at radius 3 is 2.70 bits per heavy atom. The van der Waals surface area contributed by atoms with Crippen LogP contribution >= 0.6 is 0 Å². The number of carbonyl (C=O) groups is 1. The second-order valence-corrected chi connectivity index (χ2v) is 6.64. The summed E-state index contributed by atoms with van der Waals surface area (Å²) in [5.41, 5.74) is 2.18. The normalized spacial score (nSPS) is 18.1. The Bertz CT molecular complexity index is 511. The van der Waals surface area contributed by atoms with Crippen molar-refractivity contribution in [3.05, 3.63) is 35.4 Å². The Balaban J connectivity index is 1.86. The number of piperidine rings is 1. The molecule has 0 radical (unpaired) electrons. The molecule has 1 aliphatic rings. The molecular weight excluding hydrogens is 290 g/mol. The maximum Gasteiger partial charge on any atom is 0.241 e. The van der Waals surface area contributed by atoms with Crippen molar-refractivity contribution in [3.63, 3.8) is 0 Å². The van der Waals surface area contributed by atoms with E-state index in [2.05, 4.69) is 16.3 Å². The third-order valence-electron chi connectivity index (χ3n) is 4.41. The molecule has 0 bridgehead atoms. The van der Waals surface area contributed by atoms with Crippen LogP contribution in [0.3, 0.4) is 0 Å². The van der Waals surface area contributed by atoms with Crippen molar-refractivity contribution in [3.8, 4) is 0 Å². The number of nitrogens with one attached hydrogen (secondary N) is 1. The highest BCUT2D eigenvalue weighted by molar-refractivity contribution is 5.83. The largest absolute Gasteiger partial charge is 0.393 e. The van der Waals surface area contributed by atoms with Crippen LogP contribution < -0.4 is 5.32 Å². The molecule has 0 spiro atoms. The quantitative estimate of drug-likeness (QED) is 0.826. The fraction of sp³-hybridized carbons (Fsp3) is 0.611. The van der Waals surface area contributed by atoms with E-state index in [-0.39, 0.29) is 18.1 Å². The van der Waals surface area contributed by atoms with Gasteiger partial charge in [-0.05, 0) is 39.4 Å². The van der Waals surface area contributed by atoms with Crippen molar-refractivity contribution in [2.45, 2.75) is 31.9 Å². The molecule has 0 aliphatic carbocycles. The van der Waals surface area contributed by atoms with Crippen molar-refractivity contribution >= 4 is 5.91 Å². The SMILES string of the molecule is Cc1cccc([C@H](C(=O)NCCN2CCC(O)CC2)N(C)C)c1. The Morgan fingerprint density at radius 1 is 1.39 bits per heavy atom. The lowest BCUT2D eigenvalue weighted by Gasteiger charge is -2.30. The van der Waals surface area contributed by atoms with Crippen LogP contribution in [0.25, 0.3) is 0 Å². The molecule has 1 saturated heterocycles. The van der Waals surface area contributed by atoms with Crippen molar-refractivity contribution in [2.24, 2.45) is 0 Å². The molecule has 5 heteroatoms. The van der Waals surface area contributed by atoms with E-state index < -0.39 is 0 Å². The van der Waals surface area contributed by atoms with Gasteiger partial charge in [0.25, 0.3) is 0 Å². The molecule has 2 rings (SSSR count). The molecule has 23 heavy (non-hydrogen) atoms. The number of hydrogen-bond donors (Lipinski definition) is 2. The lowest BCUT2D eigenvalue weighted by atomic mass is 10.0. The number of aryl methyl sites for hydroxylation is 1. The topological polar surface area (TPSA) is 55.8 Å². The van der Waals surface area contributed by atoms with Crippen LogP contribution in [0.4, 0.5) is 0 Å². The summed E-state index contributed by atoms with van der Waals surface area (Å²) in [7, 11) is 3.86. The van der Waals surface area contributed by atoms with Gasteiger partial charge in [-0.3, -0.25) is 9.69 Å². The van der Waals surface area contributed by atoms with Gasteiger partial charge in [0, 0.05) is 26.2 Å². The first-order chi connectivity index (χ1) is 11.0. The van der Waals surface area contributed by atoms with E-state index in [9.17, 15) is 9.90 Å². The van der Waals surface area contributed by atoms with E-state index in [4.69, 9.17) is 0 Å². The summed E-state index contributed by atoms with van der Waals surface area (Å²) >= 11 is 0. The van der Waals surface area contributed by atoms with Gasteiger partial charge in [-0.15, -0.1) is 0 Å². The van der Waals surface area contributed by atoms with Crippen LogP contribution in [0.15, 0.2) is 24.3 Å². The zero-order chi connectivity index (χ0) is 16.8. The predicted octanol–water partition coefficient (Wildman–Crippen LogP) is 1.17. The Kier molecular flexibility index (Phi) is 6.57. The third kappa shape index (κ3) is 5.30. The molecule has 1 aliphatic heterocycles. The van der Waals surface area contributed by atoms with Gasteiger partial charge in [0.05, 0.1) is 6.10 Å². The molecule has 2 N–H and O–H groups in total. The highest BCUT2D eigenvalue weighted by Crippen LogP contribution is 2.19. The van der Waals surface area contributed by atoms with E-state index >= 15 is 0 Å². The summed E-state index contributed by atoms with van der Waals surface area (Å²) < 4.78 is 0. The van der Waals surface area contributed by atoms with Gasteiger partial charge in [-0.25, -0.2) is 0 Å². The van der Waals surface area contributed by atoms with Gasteiger partial charge >= 0.3 is 0 Å². The molecule has 0 unspecified atom stereocenters. The summed E-state index contributed by atoms with van der Waals surface area (Å²) in [6.07, 6.45) is 1.51. The molecule has 1 aromatic rings. The Hall–Kier alpha value is -1.43. The minimum atomic E-state index is -0.266. The highest BCUT2D eigenvalue weighted by Gasteiger charge is 2.23. The molecule has 5 nitrogen and oxygen atoms in total. The molecule has 0 aromatic heterocycles. The average Bonchev–Trinajstić information content (AvgIpc) is 2.49. The van der Waals surface area contributed by atoms with Crippen LogP contribution in [-0.2, 0) is 4.79 Å². The van der Waals surface area contributed by atoms with Gasteiger partial charge in [-0.1, -0.05) is 29.8 Å². The van der Waals surface area contributed by atoms with Gasteiger partial charge in [0.15, 0.2) is 0 Å². The summed E-state index contributed by atoms with van der Waals surface area (Å²) in [4.78, 5) is 16.8. The number of nitrogens with zero attached hydrogens (tertiary/aromatic N) is 2. The third-order valence-corrected chi connectivity index (χ3v) is 4.41. The number of rotatable bonds is 6. The minimum absolute atomic E-state index is 0.0395. The van der Waals surface area contributed by atoms with E-state index in [1.54, 1.807) is 0 Å². The number of likely N-dealkylation sites (N-methyl/N-ethyl adjacent to an activating group) is 1. The van der Waals surface area contributed by atoms with Gasteiger partial charge in [-0.2, -0.15) is 0 Å². The molecule has 0 saturated carbocycles. The number of hydrogen-bond acceptors (Lipinski definition) is 4. The van der Waals surface area contributed by atoms with Crippen molar-refractivity contribution in [2.75, 3.05) is 40.3 Å². The van der Waals surface area contributed by atoms with E-state index in [1.807, 2.05) is 44.1 Å². The first kappa shape index (κ1) is 17.9. The summed E-state index contributed by atoms with van der Waals surface area (Å²) in [6, 6.07) is 7.84. The lowest BCUT2D eigenvalue weighted by Crippen LogP contribution is -2.43. The summed E-state index contributed by atoms with van der Waals surface area (Å²) in [5.74, 6) is 0.0395. The van der Waals surface area contributed by atoms with Crippen LogP contribution in [0.5, 0.6) is 0 Å². The Labute approximate surface area is 139 Å². The fourth-order valence-electron chi connectivity index (χ4n) is 3.10. The number of amides is 1. The molecule has 1 amide bonds. The summed E-state index contributed by atoms with van der Waals surface area (Å²) in [6.45, 7) is 5.34. The molecular formula is C18H29N3O2. The lowest BCUT2D eigenvalue weighted by molar-refractivity contribution is -0.125. The standard InChI is InChI=1S/C18H29N3O2/c1-14-5-4-6-15(13-14)17(20(2)3)18(23)19-9-12-21-10-7-16(22)8-11-21/h4-6,13,16-17,22H,7-12H2,1-3H3,(H,19,23)/t17-/m1/s1. The van der Waals surface area contributed by atoms with E-state index in [0.717, 1.165) is 43.6 Å². The number of benzene rings is 1. The maximum atomic E-state index is 12.6. The molecule has 1 fully saturated rings. The minimum Gasteiger partial charge on any atom is -0.393 e. The van der Waals surface area contributed by atoms with Crippen LogP contribution in [0, 0.1) is 6.92 Å². The molecule has 1 aromatic carbocycles. The van der Waals surface area contributed by atoms with Crippen molar-refractivity contribution in [1.29, 1.82) is 0 Å². The van der Waals surface area contributed by atoms with E-state index in [0.29, 0.717) is 6.54 Å². The van der Waals surface area contributed by atoms with Gasteiger partial charge < -0.3 is 15.3 Å². The number of aliphatic hydroxyl groups excluding tert-OH is 1. The van der Waals surface area contributed by atoms with Crippen molar-refractivity contribution < 1.29 is 9.90 Å². The Morgan fingerprint density at radius 2 is 2.09 bits per heavy atom. The monoisotopic (exact) mass is 319 g/mol. The fourth-order valence-corrected chi connectivity index (χ4v) is 3.10. The average molecular weight is 319 g/mol. The molecule has 128 valence electrons. The smallest absolute Gasteiger partial charge is 0.241 e.